The maximum Gasteiger partial charge on any atom is 0.227 e. The minimum atomic E-state index is 0. The molecule has 1 aromatic carbocycles. The number of amides is 1. The summed E-state index contributed by atoms with van der Waals surface area (Å²) < 4.78 is 0. The van der Waals surface area contributed by atoms with Crippen LogP contribution in [0.3, 0.4) is 0 Å². The smallest absolute Gasteiger partial charge is 0.227 e. The van der Waals surface area contributed by atoms with Crippen molar-refractivity contribution in [2.24, 2.45) is 0 Å². The number of likely N-dealkylation sites (tertiary alicyclic amines) is 2. The Labute approximate surface area is 160 Å². The normalized spacial score (nSPS) is 21.6. The van der Waals surface area contributed by atoms with Gasteiger partial charge in [-0.15, -0.1) is 12.4 Å². The highest BCUT2D eigenvalue weighted by Gasteiger charge is 2.28. The van der Waals surface area contributed by atoms with Gasteiger partial charge in [0.25, 0.3) is 0 Å². The monoisotopic (exact) mass is 390 g/mol. The Morgan fingerprint density at radius 3 is 2.46 bits per heavy atom. The summed E-state index contributed by atoms with van der Waals surface area (Å²) in [5.41, 5.74) is 0.940. The fourth-order valence-corrected chi connectivity index (χ4v) is 4.03. The van der Waals surface area contributed by atoms with Crippen LogP contribution in [0.2, 0.25) is 10.0 Å². The molecular weight excluding hydrogens is 367 g/mol. The summed E-state index contributed by atoms with van der Waals surface area (Å²) in [5, 5.41) is 1.05. The lowest BCUT2D eigenvalue weighted by atomic mass is 10.00. The fourth-order valence-electron chi connectivity index (χ4n) is 3.71. The van der Waals surface area contributed by atoms with E-state index in [4.69, 9.17) is 23.2 Å². The maximum absolute atomic E-state index is 12.8. The molecule has 1 unspecified atom stereocenters. The van der Waals surface area contributed by atoms with Crippen molar-refractivity contribution in [1.82, 2.24) is 9.80 Å². The Morgan fingerprint density at radius 2 is 1.75 bits per heavy atom. The number of hydrogen-bond donors (Lipinski definition) is 0. The second-order valence-electron chi connectivity index (χ2n) is 6.67. The van der Waals surface area contributed by atoms with E-state index in [2.05, 4.69) is 9.80 Å². The van der Waals surface area contributed by atoms with Crippen LogP contribution in [0.25, 0.3) is 0 Å². The zero-order valence-corrected chi connectivity index (χ0v) is 16.2. The van der Waals surface area contributed by atoms with Crippen LogP contribution in [-0.2, 0) is 11.2 Å². The van der Waals surface area contributed by atoms with Crippen molar-refractivity contribution in [2.75, 3.05) is 26.2 Å². The molecule has 1 aromatic rings. The molecule has 3 rings (SSSR count). The van der Waals surface area contributed by atoms with E-state index in [1.54, 1.807) is 12.1 Å². The van der Waals surface area contributed by atoms with Gasteiger partial charge in [-0.05, 0) is 62.9 Å². The molecule has 1 atom stereocenters. The van der Waals surface area contributed by atoms with E-state index in [0.29, 0.717) is 22.5 Å². The minimum Gasteiger partial charge on any atom is -0.338 e. The molecule has 0 aliphatic carbocycles. The van der Waals surface area contributed by atoms with Crippen molar-refractivity contribution in [3.05, 3.63) is 33.8 Å². The topological polar surface area (TPSA) is 23.6 Å². The molecule has 0 N–H and O–H groups in total. The van der Waals surface area contributed by atoms with Gasteiger partial charge in [-0.2, -0.15) is 0 Å². The van der Waals surface area contributed by atoms with E-state index in [0.717, 1.165) is 31.5 Å². The summed E-state index contributed by atoms with van der Waals surface area (Å²) in [7, 11) is 0. The molecule has 3 nitrogen and oxygen atoms in total. The second-order valence-corrected chi connectivity index (χ2v) is 7.48. The van der Waals surface area contributed by atoms with Gasteiger partial charge in [0.2, 0.25) is 5.91 Å². The molecule has 1 amide bonds. The van der Waals surface area contributed by atoms with Crippen LogP contribution in [0.4, 0.5) is 0 Å². The predicted octanol–water partition coefficient (Wildman–Crippen LogP) is 4.43. The molecule has 0 aromatic heterocycles. The van der Waals surface area contributed by atoms with Crippen molar-refractivity contribution in [1.29, 1.82) is 0 Å². The molecule has 2 aliphatic rings. The molecular formula is C18H25Cl3N2O. The van der Waals surface area contributed by atoms with E-state index in [1.165, 1.54) is 32.4 Å². The molecule has 2 aliphatic heterocycles. The second kappa shape index (κ2) is 9.28. The molecule has 0 saturated carbocycles. The van der Waals surface area contributed by atoms with Crippen LogP contribution < -0.4 is 0 Å². The Morgan fingerprint density at radius 1 is 1.04 bits per heavy atom. The van der Waals surface area contributed by atoms with E-state index in [-0.39, 0.29) is 18.3 Å². The van der Waals surface area contributed by atoms with Gasteiger partial charge in [0, 0.05) is 19.1 Å². The number of piperidine rings is 1. The third-order valence-electron chi connectivity index (χ3n) is 4.95. The third kappa shape index (κ3) is 5.01. The number of halogens is 3. The minimum absolute atomic E-state index is 0. The summed E-state index contributed by atoms with van der Waals surface area (Å²) in [4.78, 5) is 17.4. The van der Waals surface area contributed by atoms with Gasteiger partial charge in [0.1, 0.15) is 0 Å². The summed E-state index contributed by atoms with van der Waals surface area (Å²) in [6, 6.07) is 5.84. The van der Waals surface area contributed by atoms with Crippen molar-refractivity contribution < 1.29 is 4.79 Å². The van der Waals surface area contributed by atoms with Crippen molar-refractivity contribution >= 4 is 41.5 Å². The summed E-state index contributed by atoms with van der Waals surface area (Å²) in [6.07, 6.45) is 6.48. The van der Waals surface area contributed by atoms with Crippen LogP contribution in [0, 0.1) is 0 Å². The molecule has 2 fully saturated rings. The molecule has 2 heterocycles. The average Bonchev–Trinajstić information content (AvgIpc) is 3.04. The van der Waals surface area contributed by atoms with E-state index in [9.17, 15) is 4.79 Å². The van der Waals surface area contributed by atoms with Crippen molar-refractivity contribution in [3.63, 3.8) is 0 Å². The number of hydrogen-bond acceptors (Lipinski definition) is 2. The first-order chi connectivity index (χ1) is 11.1. The van der Waals surface area contributed by atoms with E-state index < -0.39 is 0 Å². The van der Waals surface area contributed by atoms with E-state index in [1.807, 2.05) is 6.07 Å². The summed E-state index contributed by atoms with van der Waals surface area (Å²) in [5.74, 6) is 0.215. The van der Waals surface area contributed by atoms with Gasteiger partial charge in [-0.1, -0.05) is 29.3 Å². The number of nitrogens with zero attached hydrogens (tertiary/aromatic N) is 2. The molecule has 0 radical (unpaired) electrons. The van der Waals surface area contributed by atoms with Gasteiger partial charge in [0.15, 0.2) is 0 Å². The Hall–Kier alpha value is -0.480. The van der Waals surface area contributed by atoms with Crippen LogP contribution in [0.5, 0.6) is 0 Å². The van der Waals surface area contributed by atoms with Gasteiger partial charge in [-0.25, -0.2) is 0 Å². The SMILES string of the molecule is Cl.O=C(Cc1ccc(Cl)c(Cl)c1)N1CCCCC1CN1CCCC1. The standard InChI is InChI=1S/C18H24Cl2N2O.ClH/c19-16-7-6-14(11-17(16)20)12-18(23)22-10-2-1-5-15(22)13-21-8-3-4-9-21;/h6-7,11,15H,1-5,8-10,12-13H2;1H. The van der Waals surface area contributed by atoms with Gasteiger partial charge < -0.3 is 9.80 Å². The number of carbonyl (C=O) groups is 1. The lowest BCUT2D eigenvalue weighted by molar-refractivity contribution is -0.134. The number of benzene rings is 1. The third-order valence-corrected chi connectivity index (χ3v) is 5.69. The average molecular weight is 392 g/mol. The molecule has 2 saturated heterocycles. The first-order valence-electron chi connectivity index (χ1n) is 8.59. The van der Waals surface area contributed by atoms with Crippen LogP contribution >= 0.6 is 35.6 Å². The van der Waals surface area contributed by atoms with Crippen molar-refractivity contribution in [3.8, 4) is 0 Å². The van der Waals surface area contributed by atoms with E-state index >= 15 is 0 Å². The molecule has 0 spiro atoms. The van der Waals surface area contributed by atoms with Gasteiger partial charge in [0.05, 0.1) is 16.5 Å². The highest BCUT2D eigenvalue weighted by molar-refractivity contribution is 6.42. The predicted molar refractivity (Wildman–Crippen MR) is 102 cm³/mol. The highest BCUT2D eigenvalue weighted by atomic mass is 35.5. The number of carbonyl (C=O) groups excluding carboxylic acids is 1. The fraction of sp³-hybridized carbons (Fsp3) is 0.611. The Kier molecular flexibility index (Phi) is 7.67. The van der Waals surface area contributed by atoms with Gasteiger partial charge in [-0.3, -0.25) is 4.79 Å². The van der Waals surface area contributed by atoms with Crippen LogP contribution in [-0.4, -0.2) is 47.9 Å². The zero-order valence-electron chi connectivity index (χ0n) is 13.8. The molecule has 134 valence electrons. The van der Waals surface area contributed by atoms with Gasteiger partial charge >= 0.3 is 0 Å². The van der Waals surface area contributed by atoms with Crippen molar-refractivity contribution in [2.45, 2.75) is 44.6 Å². The van der Waals surface area contributed by atoms with Crippen LogP contribution in [0.15, 0.2) is 18.2 Å². The van der Waals surface area contributed by atoms with Crippen LogP contribution in [0.1, 0.15) is 37.7 Å². The summed E-state index contributed by atoms with van der Waals surface area (Å²) in [6.45, 7) is 4.29. The largest absolute Gasteiger partial charge is 0.338 e. The summed E-state index contributed by atoms with van der Waals surface area (Å²) >= 11 is 12.0. The first kappa shape index (κ1) is 19.8. The quantitative estimate of drug-likeness (QED) is 0.758. The molecule has 6 heteroatoms. The highest BCUT2D eigenvalue weighted by Crippen LogP contribution is 2.25. The zero-order chi connectivity index (χ0) is 16.2. The lowest BCUT2D eigenvalue weighted by Gasteiger charge is -2.38. The first-order valence-corrected chi connectivity index (χ1v) is 9.35. The Bertz CT molecular complexity index is 561. The Balaban J connectivity index is 0.00000208. The number of rotatable bonds is 4. The molecule has 24 heavy (non-hydrogen) atoms. The lowest BCUT2D eigenvalue weighted by Crippen LogP contribution is -2.49. The maximum atomic E-state index is 12.8. The molecule has 0 bridgehead atoms.